The van der Waals surface area contributed by atoms with Gasteiger partial charge >= 0.3 is 0 Å². The molecule has 1 aliphatic rings. The molecule has 21 heavy (non-hydrogen) atoms. The van der Waals surface area contributed by atoms with Crippen molar-refractivity contribution in [1.82, 2.24) is 0 Å². The van der Waals surface area contributed by atoms with E-state index in [1.807, 2.05) is 12.1 Å². The van der Waals surface area contributed by atoms with Crippen molar-refractivity contribution in [2.75, 3.05) is 5.32 Å². The summed E-state index contributed by atoms with van der Waals surface area (Å²) in [5.41, 5.74) is 4.32. The fourth-order valence-corrected chi connectivity index (χ4v) is 3.29. The second-order valence-corrected chi connectivity index (χ2v) is 6.66. The van der Waals surface area contributed by atoms with E-state index in [0.29, 0.717) is 10.6 Å². The molecule has 0 aromatic heterocycles. The van der Waals surface area contributed by atoms with Crippen LogP contribution in [0.5, 0.6) is 0 Å². The highest BCUT2D eigenvalue weighted by atomic mass is 35.5. The molecule has 0 aliphatic heterocycles. The second kappa shape index (κ2) is 5.09. The highest BCUT2D eigenvalue weighted by Crippen LogP contribution is 2.46. The normalized spacial score (nSPS) is 18.9. The Morgan fingerprint density at radius 1 is 1.24 bits per heavy atom. The summed E-state index contributed by atoms with van der Waals surface area (Å²) in [5, 5.41) is 13.2. The summed E-state index contributed by atoms with van der Waals surface area (Å²) in [6, 6.07) is 16.4. The van der Waals surface area contributed by atoms with Crippen LogP contribution in [0.2, 0.25) is 5.02 Å². The molecule has 0 amide bonds. The number of nitrogens with one attached hydrogen (secondary N) is 1. The van der Waals surface area contributed by atoms with Crippen molar-refractivity contribution in [2.45, 2.75) is 26.3 Å². The highest BCUT2D eigenvalue weighted by Gasteiger charge is 2.38. The number of rotatable bonds is 2. The first-order valence-electron chi connectivity index (χ1n) is 7.05. The molecule has 2 aromatic rings. The van der Waals surface area contributed by atoms with Crippen molar-refractivity contribution in [3.8, 4) is 6.07 Å². The van der Waals surface area contributed by atoms with Crippen LogP contribution in [0.3, 0.4) is 0 Å². The molecule has 0 saturated heterocycles. The van der Waals surface area contributed by atoms with Crippen LogP contribution < -0.4 is 5.32 Å². The molecule has 1 unspecified atom stereocenters. The Balaban J connectivity index is 1.96. The maximum atomic E-state index is 9.10. The molecule has 0 radical (unpaired) electrons. The van der Waals surface area contributed by atoms with Gasteiger partial charge in [0.05, 0.1) is 16.6 Å². The van der Waals surface area contributed by atoms with Crippen LogP contribution in [-0.4, -0.2) is 0 Å². The topological polar surface area (TPSA) is 35.8 Å². The minimum Gasteiger partial charge on any atom is -0.378 e. The summed E-state index contributed by atoms with van der Waals surface area (Å²) in [6.45, 7) is 4.54. The van der Waals surface area contributed by atoms with E-state index in [2.05, 4.69) is 49.5 Å². The molecule has 0 bridgehead atoms. The lowest BCUT2D eigenvalue weighted by Crippen LogP contribution is -2.24. The summed E-state index contributed by atoms with van der Waals surface area (Å²) >= 11 is 6.00. The smallest absolute Gasteiger partial charge is 0.101 e. The number of benzene rings is 2. The third-order valence-corrected chi connectivity index (χ3v) is 4.52. The molecular weight excluding hydrogens is 280 g/mol. The molecule has 1 aliphatic carbocycles. The van der Waals surface area contributed by atoms with Crippen molar-refractivity contribution >= 4 is 17.3 Å². The van der Waals surface area contributed by atoms with Crippen LogP contribution in [0.15, 0.2) is 42.5 Å². The summed E-state index contributed by atoms with van der Waals surface area (Å²) < 4.78 is 0. The average Bonchev–Trinajstić information content (AvgIpc) is 2.71. The Bertz CT molecular complexity index is 728. The zero-order chi connectivity index (χ0) is 15.0. The minimum atomic E-state index is 0.135. The van der Waals surface area contributed by atoms with Gasteiger partial charge in [-0.05, 0) is 41.2 Å². The SMILES string of the molecule is CC1(C)Cc2ccccc2C1Nc1ccc(Cl)c(C#N)c1. The van der Waals surface area contributed by atoms with Crippen LogP contribution in [0.4, 0.5) is 5.69 Å². The molecule has 2 nitrogen and oxygen atoms in total. The van der Waals surface area contributed by atoms with Gasteiger partial charge in [0.2, 0.25) is 0 Å². The predicted molar refractivity (Wildman–Crippen MR) is 86.5 cm³/mol. The highest BCUT2D eigenvalue weighted by molar-refractivity contribution is 6.31. The van der Waals surface area contributed by atoms with Crippen molar-refractivity contribution < 1.29 is 0 Å². The zero-order valence-electron chi connectivity index (χ0n) is 12.2. The van der Waals surface area contributed by atoms with Gasteiger partial charge < -0.3 is 5.32 Å². The average molecular weight is 297 g/mol. The van der Waals surface area contributed by atoms with E-state index in [-0.39, 0.29) is 11.5 Å². The van der Waals surface area contributed by atoms with Crippen molar-refractivity contribution in [3.63, 3.8) is 0 Å². The van der Waals surface area contributed by atoms with E-state index in [0.717, 1.165) is 12.1 Å². The minimum absolute atomic E-state index is 0.135. The molecule has 0 heterocycles. The number of fused-ring (bicyclic) bond motifs is 1. The number of anilines is 1. The molecule has 0 saturated carbocycles. The molecule has 0 fully saturated rings. The Hall–Kier alpha value is -1.98. The third-order valence-electron chi connectivity index (χ3n) is 4.19. The Morgan fingerprint density at radius 3 is 2.76 bits per heavy atom. The number of halogens is 1. The van der Waals surface area contributed by atoms with Gasteiger partial charge in [-0.15, -0.1) is 0 Å². The number of hydrogen-bond acceptors (Lipinski definition) is 2. The lowest BCUT2D eigenvalue weighted by Gasteiger charge is -2.29. The summed E-state index contributed by atoms with van der Waals surface area (Å²) in [4.78, 5) is 0. The van der Waals surface area contributed by atoms with Gasteiger partial charge in [-0.1, -0.05) is 49.7 Å². The molecule has 1 N–H and O–H groups in total. The van der Waals surface area contributed by atoms with Crippen LogP contribution in [-0.2, 0) is 6.42 Å². The molecule has 106 valence electrons. The molecular formula is C18H17ClN2. The van der Waals surface area contributed by atoms with Gasteiger partial charge in [0.25, 0.3) is 0 Å². The Morgan fingerprint density at radius 2 is 2.00 bits per heavy atom. The van der Waals surface area contributed by atoms with E-state index < -0.39 is 0 Å². The molecule has 3 heteroatoms. The second-order valence-electron chi connectivity index (χ2n) is 6.25. The van der Waals surface area contributed by atoms with Gasteiger partial charge in [-0.25, -0.2) is 0 Å². The Kier molecular flexibility index (Phi) is 3.39. The van der Waals surface area contributed by atoms with E-state index in [9.17, 15) is 0 Å². The maximum Gasteiger partial charge on any atom is 0.101 e. The first-order chi connectivity index (χ1) is 10.0. The van der Waals surface area contributed by atoms with Gasteiger partial charge in [-0.2, -0.15) is 5.26 Å². The van der Waals surface area contributed by atoms with E-state index in [1.54, 1.807) is 6.07 Å². The molecule has 0 spiro atoms. The standard InChI is InChI=1S/C18H17ClN2/c1-18(2)10-12-5-3-4-6-15(12)17(18)21-14-7-8-16(19)13(9-14)11-20/h3-9,17,21H,10H2,1-2H3. The van der Waals surface area contributed by atoms with Crippen molar-refractivity contribution in [1.29, 1.82) is 5.26 Å². The van der Waals surface area contributed by atoms with Crippen LogP contribution in [0, 0.1) is 16.7 Å². The summed E-state index contributed by atoms with van der Waals surface area (Å²) in [7, 11) is 0. The molecule has 1 atom stereocenters. The van der Waals surface area contributed by atoms with E-state index in [4.69, 9.17) is 16.9 Å². The van der Waals surface area contributed by atoms with Crippen LogP contribution >= 0.6 is 11.6 Å². The van der Waals surface area contributed by atoms with Crippen LogP contribution in [0.25, 0.3) is 0 Å². The van der Waals surface area contributed by atoms with Crippen molar-refractivity contribution in [3.05, 3.63) is 64.2 Å². The lowest BCUT2D eigenvalue weighted by molar-refractivity contribution is 0.337. The van der Waals surface area contributed by atoms with Crippen molar-refractivity contribution in [2.24, 2.45) is 5.41 Å². The number of nitriles is 1. The third kappa shape index (κ3) is 2.50. The number of hydrogen-bond donors (Lipinski definition) is 1. The first kappa shape index (κ1) is 14.0. The van der Waals surface area contributed by atoms with E-state index in [1.165, 1.54) is 11.1 Å². The largest absolute Gasteiger partial charge is 0.378 e. The fourth-order valence-electron chi connectivity index (χ4n) is 3.13. The maximum absolute atomic E-state index is 9.10. The van der Waals surface area contributed by atoms with Gasteiger partial charge in [0.1, 0.15) is 6.07 Å². The fraction of sp³-hybridized carbons (Fsp3) is 0.278. The lowest BCUT2D eigenvalue weighted by atomic mass is 9.85. The molecule has 2 aromatic carbocycles. The van der Waals surface area contributed by atoms with Gasteiger partial charge in [0.15, 0.2) is 0 Å². The summed E-state index contributed by atoms with van der Waals surface area (Å²) in [6.07, 6.45) is 1.06. The van der Waals surface area contributed by atoms with Crippen LogP contribution in [0.1, 0.15) is 36.6 Å². The zero-order valence-corrected chi connectivity index (χ0v) is 12.9. The predicted octanol–water partition coefficient (Wildman–Crippen LogP) is 4.95. The Labute approximate surface area is 130 Å². The number of nitrogens with zero attached hydrogens (tertiary/aromatic N) is 1. The molecule has 3 rings (SSSR count). The first-order valence-corrected chi connectivity index (χ1v) is 7.43. The summed E-state index contributed by atoms with van der Waals surface area (Å²) in [5.74, 6) is 0. The quantitative estimate of drug-likeness (QED) is 0.851. The van der Waals surface area contributed by atoms with E-state index >= 15 is 0 Å². The monoisotopic (exact) mass is 296 g/mol. The van der Waals surface area contributed by atoms with Gasteiger partial charge in [-0.3, -0.25) is 0 Å². The van der Waals surface area contributed by atoms with Gasteiger partial charge in [0, 0.05) is 5.69 Å².